The van der Waals surface area contributed by atoms with Gasteiger partial charge in [0.25, 0.3) is 0 Å². The van der Waals surface area contributed by atoms with Gasteiger partial charge in [-0.3, -0.25) is 0 Å². The van der Waals surface area contributed by atoms with E-state index < -0.39 is 0 Å². The van der Waals surface area contributed by atoms with Crippen LogP contribution in [0.1, 0.15) is 0 Å². The van der Waals surface area contributed by atoms with Gasteiger partial charge in [-0.1, -0.05) is 91.0 Å². The van der Waals surface area contributed by atoms with Gasteiger partial charge in [0.2, 0.25) is 0 Å². The summed E-state index contributed by atoms with van der Waals surface area (Å²) in [4.78, 5) is 0. The van der Waals surface area contributed by atoms with Crippen molar-refractivity contribution in [3.63, 3.8) is 0 Å². The SMILES string of the molecule is c1ccc2c(-c3ccc(-n4c5cccc6c5c5c7c-6cccc7ccc54)cc3)cccc2c1. The van der Waals surface area contributed by atoms with Gasteiger partial charge in [0.15, 0.2) is 0 Å². The average Bonchev–Trinajstić information content (AvgIpc) is 3.41. The number of rotatable bonds is 2. The summed E-state index contributed by atoms with van der Waals surface area (Å²) in [6, 6.07) is 42.2. The molecule has 0 bridgehead atoms. The standard InChI is InChI=1S/C32H19N/c1-2-9-24-20(6-1)7-3-10-25(24)21-14-17-23(18-15-21)33-28-13-5-12-27-26-11-4-8-22-16-19-29(33)32(30(22)26)31(27)28/h1-19H. The molecule has 8 rings (SSSR count). The third-order valence-corrected chi connectivity index (χ3v) is 7.31. The second-order valence-corrected chi connectivity index (χ2v) is 8.97. The van der Waals surface area contributed by atoms with Gasteiger partial charge in [-0.25, -0.2) is 0 Å². The summed E-state index contributed by atoms with van der Waals surface area (Å²) in [5.41, 5.74) is 9.02. The van der Waals surface area contributed by atoms with Gasteiger partial charge >= 0.3 is 0 Å². The summed E-state index contributed by atoms with van der Waals surface area (Å²) in [6.45, 7) is 0. The molecular formula is C32H19N. The van der Waals surface area contributed by atoms with Crippen LogP contribution in [0.3, 0.4) is 0 Å². The zero-order valence-electron chi connectivity index (χ0n) is 17.9. The van der Waals surface area contributed by atoms with Gasteiger partial charge in [-0.2, -0.15) is 0 Å². The lowest BCUT2D eigenvalue weighted by Crippen LogP contribution is -1.95. The maximum Gasteiger partial charge on any atom is 0.0547 e. The molecule has 33 heavy (non-hydrogen) atoms. The first-order valence-electron chi connectivity index (χ1n) is 11.5. The van der Waals surface area contributed by atoms with Crippen LogP contribution in [-0.2, 0) is 0 Å². The van der Waals surface area contributed by atoms with Gasteiger partial charge in [-0.05, 0) is 68.1 Å². The number of hydrogen-bond donors (Lipinski definition) is 0. The van der Waals surface area contributed by atoms with Crippen molar-refractivity contribution in [2.75, 3.05) is 0 Å². The number of benzene rings is 6. The molecule has 0 amide bonds. The van der Waals surface area contributed by atoms with E-state index in [9.17, 15) is 0 Å². The third-order valence-electron chi connectivity index (χ3n) is 7.31. The summed E-state index contributed by atoms with van der Waals surface area (Å²) >= 11 is 0. The molecule has 0 spiro atoms. The highest BCUT2D eigenvalue weighted by Gasteiger charge is 2.24. The lowest BCUT2D eigenvalue weighted by Gasteiger charge is -2.13. The summed E-state index contributed by atoms with van der Waals surface area (Å²) < 4.78 is 2.43. The molecule has 1 heteroatoms. The molecule has 1 heterocycles. The number of aromatic nitrogens is 1. The fraction of sp³-hybridized carbons (Fsp3) is 0. The minimum absolute atomic E-state index is 1.20. The molecule has 1 nitrogen and oxygen atoms in total. The molecule has 1 aliphatic rings. The summed E-state index contributed by atoms with van der Waals surface area (Å²) in [5.74, 6) is 0. The van der Waals surface area contributed by atoms with Crippen molar-refractivity contribution in [3.05, 3.63) is 115 Å². The second-order valence-electron chi connectivity index (χ2n) is 8.97. The van der Waals surface area contributed by atoms with E-state index in [0.29, 0.717) is 0 Å². The van der Waals surface area contributed by atoms with E-state index in [1.54, 1.807) is 0 Å². The molecule has 1 aromatic heterocycles. The summed E-state index contributed by atoms with van der Waals surface area (Å²) in [5, 5.41) is 8.07. The highest BCUT2D eigenvalue weighted by molar-refractivity contribution is 6.33. The van der Waals surface area contributed by atoms with E-state index in [-0.39, 0.29) is 0 Å². The molecule has 0 unspecified atom stereocenters. The molecule has 0 aliphatic heterocycles. The molecule has 0 radical (unpaired) electrons. The fourth-order valence-electron chi connectivity index (χ4n) is 5.92. The summed E-state index contributed by atoms with van der Waals surface area (Å²) in [6.07, 6.45) is 0. The quantitative estimate of drug-likeness (QED) is 0.265. The zero-order chi connectivity index (χ0) is 21.5. The van der Waals surface area contributed by atoms with Crippen molar-refractivity contribution in [1.29, 1.82) is 0 Å². The molecule has 0 atom stereocenters. The molecule has 6 aromatic carbocycles. The van der Waals surface area contributed by atoms with Crippen LogP contribution in [0.4, 0.5) is 0 Å². The van der Waals surface area contributed by atoms with E-state index in [0.717, 1.165) is 0 Å². The first kappa shape index (κ1) is 17.2. The van der Waals surface area contributed by atoms with Crippen LogP contribution >= 0.6 is 0 Å². The monoisotopic (exact) mass is 417 g/mol. The number of nitrogens with zero attached hydrogens (tertiary/aromatic N) is 1. The molecule has 0 saturated heterocycles. The minimum atomic E-state index is 1.20. The lowest BCUT2D eigenvalue weighted by atomic mass is 9.98. The molecular weight excluding hydrogens is 398 g/mol. The molecule has 1 aliphatic carbocycles. The molecule has 7 aromatic rings. The van der Waals surface area contributed by atoms with Crippen LogP contribution in [0.25, 0.3) is 71.3 Å². The second kappa shape index (κ2) is 6.11. The van der Waals surface area contributed by atoms with Crippen LogP contribution in [0.2, 0.25) is 0 Å². The molecule has 0 N–H and O–H groups in total. The Balaban J connectivity index is 1.38. The van der Waals surface area contributed by atoms with Crippen molar-refractivity contribution in [2.24, 2.45) is 0 Å². The highest BCUT2D eigenvalue weighted by atomic mass is 15.0. The van der Waals surface area contributed by atoms with E-state index in [1.807, 2.05) is 0 Å². The normalized spacial score (nSPS) is 12.2. The van der Waals surface area contributed by atoms with E-state index >= 15 is 0 Å². The Morgan fingerprint density at radius 1 is 0.394 bits per heavy atom. The van der Waals surface area contributed by atoms with Gasteiger partial charge in [0.05, 0.1) is 11.0 Å². The Labute approximate surface area is 191 Å². The van der Waals surface area contributed by atoms with Gasteiger partial charge < -0.3 is 4.57 Å². The predicted molar refractivity (Wildman–Crippen MR) is 140 cm³/mol. The summed E-state index contributed by atoms with van der Waals surface area (Å²) in [7, 11) is 0. The Bertz CT molecular complexity index is 1900. The van der Waals surface area contributed by atoms with Crippen molar-refractivity contribution in [2.45, 2.75) is 0 Å². The van der Waals surface area contributed by atoms with Crippen molar-refractivity contribution >= 4 is 43.4 Å². The maximum absolute atomic E-state index is 2.43. The smallest absolute Gasteiger partial charge is 0.0547 e. The van der Waals surface area contributed by atoms with Crippen LogP contribution in [0.15, 0.2) is 115 Å². The first-order chi connectivity index (χ1) is 16.4. The van der Waals surface area contributed by atoms with E-state index in [4.69, 9.17) is 0 Å². The van der Waals surface area contributed by atoms with Crippen LogP contribution in [-0.4, -0.2) is 4.57 Å². The fourth-order valence-corrected chi connectivity index (χ4v) is 5.92. The Hall–Kier alpha value is -4.36. The van der Waals surface area contributed by atoms with Crippen LogP contribution < -0.4 is 0 Å². The number of hydrogen-bond acceptors (Lipinski definition) is 0. The molecule has 0 fully saturated rings. The first-order valence-corrected chi connectivity index (χ1v) is 11.5. The largest absolute Gasteiger partial charge is 0.309 e. The van der Waals surface area contributed by atoms with Crippen molar-refractivity contribution < 1.29 is 0 Å². The zero-order valence-corrected chi connectivity index (χ0v) is 17.9. The van der Waals surface area contributed by atoms with E-state index in [2.05, 4.69) is 120 Å². The van der Waals surface area contributed by atoms with Gasteiger partial charge in [0, 0.05) is 16.5 Å². The third kappa shape index (κ3) is 2.16. The van der Waals surface area contributed by atoms with Gasteiger partial charge in [0.1, 0.15) is 0 Å². The average molecular weight is 418 g/mol. The van der Waals surface area contributed by atoms with Crippen molar-refractivity contribution in [1.82, 2.24) is 4.57 Å². The Morgan fingerprint density at radius 3 is 1.94 bits per heavy atom. The Morgan fingerprint density at radius 2 is 1.06 bits per heavy atom. The van der Waals surface area contributed by atoms with Gasteiger partial charge in [-0.15, -0.1) is 0 Å². The minimum Gasteiger partial charge on any atom is -0.309 e. The van der Waals surface area contributed by atoms with Crippen LogP contribution in [0, 0.1) is 0 Å². The van der Waals surface area contributed by atoms with E-state index in [1.165, 1.54) is 71.3 Å². The highest BCUT2D eigenvalue weighted by Crippen LogP contribution is 2.49. The number of fused-ring (bicyclic) bond motifs is 2. The Kier molecular flexibility index (Phi) is 3.19. The molecule has 152 valence electrons. The molecule has 0 saturated carbocycles. The van der Waals surface area contributed by atoms with Crippen LogP contribution in [0.5, 0.6) is 0 Å². The van der Waals surface area contributed by atoms with Crippen molar-refractivity contribution in [3.8, 4) is 27.9 Å². The lowest BCUT2D eigenvalue weighted by molar-refractivity contribution is 1.18. The maximum atomic E-state index is 2.43. The predicted octanol–water partition coefficient (Wildman–Crippen LogP) is 8.74. The topological polar surface area (TPSA) is 4.93 Å².